The van der Waals surface area contributed by atoms with Crippen LogP contribution in [0.5, 0.6) is 0 Å². The Labute approximate surface area is 162 Å². The van der Waals surface area contributed by atoms with E-state index in [4.69, 9.17) is 4.74 Å². The van der Waals surface area contributed by atoms with Crippen LogP contribution in [-0.4, -0.2) is 73.3 Å². The number of likely N-dealkylation sites (tertiary alicyclic amines) is 1. The third-order valence-electron chi connectivity index (χ3n) is 7.09. The Morgan fingerprint density at radius 2 is 2.04 bits per heavy atom. The lowest BCUT2D eigenvalue weighted by Crippen LogP contribution is -2.47. The standard InChI is InChI=1S/C19H32N4O3S/c1-3-22-13-18(11-20-22)27(24,25)23-9-7-19(8-10-23)15-21(17-5-4-6-17)12-16(19)14-26-2/h11,13,16-17H,3-10,12,14-15H2,1-2H3. The quantitative estimate of drug-likeness (QED) is 0.734. The molecule has 0 N–H and O–H groups in total. The van der Waals surface area contributed by atoms with E-state index in [1.165, 1.54) is 25.5 Å². The maximum absolute atomic E-state index is 13.0. The predicted molar refractivity (Wildman–Crippen MR) is 103 cm³/mol. The van der Waals surface area contributed by atoms with Gasteiger partial charge in [-0.05, 0) is 38.0 Å². The van der Waals surface area contributed by atoms with Crippen molar-refractivity contribution in [3.8, 4) is 0 Å². The van der Waals surface area contributed by atoms with Gasteiger partial charge in [-0.15, -0.1) is 0 Å². The third-order valence-corrected chi connectivity index (χ3v) is 8.94. The molecule has 27 heavy (non-hydrogen) atoms. The first-order chi connectivity index (χ1) is 13.0. The molecule has 2 aliphatic heterocycles. The van der Waals surface area contributed by atoms with E-state index < -0.39 is 10.0 Å². The Kier molecular flexibility index (Phi) is 5.35. The zero-order valence-electron chi connectivity index (χ0n) is 16.5. The van der Waals surface area contributed by atoms with Gasteiger partial charge in [0.2, 0.25) is 10.0 Å². The van der Waals surface area contributed by atoms with Crippen molar-refractivity contribution >= 4 is 10.0 Å². The van der Waals surface area contributed by atoms with Crippen molar-refractivity contribution < 1.29 is 13.2 Å². The molecule has 152 valence electrons. The van der Waals surface area contributed by atoms with Crippen LogP contribution < -0.4 is 0 Å². The Bertz CT molecular complexity index is 751. The molecule has 0 amide bonds. The summed E-state index contributed by atoms with van der Waals surface area (Å²) >= 11 is 0. The topological polar surface area (TPSA) is 67.7 Å². The summed E-state index contributed by atoms with van der Waals surface area (Å²) in [5.74, 6) is 0.510. The summed E-state index contributed by atoms with van der Waals surface area (Å²) in [5.41, 5.74) is 0.200. The fourth-order valence-electron chi connectivity index (χ4n) is 5.07. The molecule has 1 saturated carbocycles. The fraction of sp³-hybridized carbons (Fsp3) is 0.842. The molecule has 0 radical (unpaired) electrons. The van der Waals surface area contributed by atoms with Crippen LogP contribution >= 0.6 is 0 Å². The Hall–Kier alpha value is -0.960. The van der Waals surface area contributed by atoms with Crippen LogP contribution in [0.1, 0.15) is 39.0 Å². The lowest BCUT2D eigenvalue weighted by atomic mass is 9.71. The number of aryl methyl sites for hydroxylation is 1. The van der Waals surface area contributed by atoms with Gasteiger partial charge in [0.05, 0.1) is 12.8 Å². The van der Waals surface area contributed by atoms with Crippen LogP contribution in [0.15, 0.2) is 17.3 Å². The maximum Gasteiger partial charge on any atom is 0.246 e. The van der Waals surface area contributed by atoms with Crippen LogP contribution in [0.2, 0.25) is 0 Å². The number of piperidine rings is 1. The van der Waals surface area contributed by atoms with Crippen LogP contribution in [0.25, 0.3) is 0 Å². The summed E-state index contributed by atoms with van der Waals surface area (Å²) in [6.07, 6.45) is 8.94. The number of hydrogen-bond acceptors (Lipinski definition) is 5. The van der Waals surface area contributed by atoms with E-state index in [0.29, 0.717) is 30.4 Å². The van der Waals surface area contributed by atoms with E-state index in [2.05, 4.69) is 10.00 Å². The maximum atomic E-state index is 13.0. The van der Waals surface area contributed by atoms with E-state index in [9.17, 15) is 8.42 Å². The molecule has 4 rings (SSSR count). The van der Waals surface area contributed by atoms with Crippen LogP contribution in [0, 0.1) is 11.3 Å². The molecular weight excluding hydrogens is 364 g/mol. The van der Waals surface area contributed by atoms with Crippen LogP contribution in [0.4, 0.5) is 0 Å². The molecule has 3 aliphatic rings. The number of hydrogen-bond donors (Lipinski definition) is 0. The minimum atomic E-state index is -3.45. The first-order valence-electron chi connectivity index (χ1n) is 10.2. The van der Waals surface area contributed by atoms with Crippen molar-refractivity contribution in [1.82, 2.24) is 19.0 Å². The number of aromatic nitrogens is 2. The van der Waals surface area contributed by atoms with Gasteiger partial charge in [0, 0.05) is 58.0 Å². The second kappa shape index (κ2) is 7.46. The highest BCUT2D eigenvalue weighted by molar-refractivity contribution is 7.89. The van der Waals surface area contributed by atoms with Crippen molar-refractivity contribution in [2.45, 2.75) is 56.5 Å². The smallest absolute Gasteiger partial charge is 0.246 e. The molecule has 1 aliphatic carbocycles. The molecule has 1 aromatic rings. The molecule has 3 heterocycles. The Balaban J connectivity index is 1.46. The molecule has 1 aromatic heterocycles. The number of sulfonamides is 1. The van der Waals surface area contributed by atoms with Crippen molar-refractivity contribution in [2.24, 2.45) is 11.3 Å². The highest BCUT2D eigenvalue weighted by atomic mass is 32.2. The van der Waals surface area contributed by atoms with E-state index in [1.807, 2.05) is 6.92 Å². The third kappa shape index (κ3) is 3.45. The van der Waals surface area contributed by atoms with Crippen molar-refractivity contribution in [2.75, 3.05) is 39.9 Å². The molecular formula is C19H32N4O3S. The van der Waals surface area contributed by atoms with Crippen molar-refractivity contribution in [3.63, 3.8) is 0 Å². The minimum Gasteiger partial charge on any atom is -0.384 e. The highest BCUT2D eigenvalue weighted by Gasteiger charge is 2.50. The van der Waals surface area contributed by atoms with Crippen molar-refractivity contribution in [1.29, 1.82) is 0 Å². The SMILES string of the molecule is CCn1cc(S(=O)(=O)N2CCC3(CC2)CN(C2CCC2)CC3COC)cn1. The summed E-state index contributed by atoms with van der Waals surface area (Å²) in [5, 5.41) is 4.14. The monoisotopic (exact) mass is 396 g/mol. The van der Waals surface area contributed by atoms with Gasteiger partial charge in [0.25, 0.3) is 0 Å². The number of ether oxygens (including phenoxy) is 1. The van der Waals surface area contributed by atoms with E-state index in [0.717, 1.165) is 38.6 Å². The first kappa shape index (κ1) is 19.4. The highest BCUT2D eigenvalue weighted by Crippen LogP contribution is 2.47. The minimum absolute atomic E-state index is 0.200. The molecule has 1 spiro atoms. The zero-order valence-corrected chi connectivity index (χ0v) is 17.3. The summed E-state index contributed by atoms with van der Waals surface area (Å²) < 4.78 is 34.9. The normalized spacial score (nSPS) is 27.3. The zero-order chi connectivity index (χ0) is 19.1. The Morgan fingerprint density at radius 3 is 2.59 bits per heavy atom. The van der Waals surface area contributed by atoms with Gasteiger partial charge < -0.3 is 4.74 Å². The molecule has 1 unspecified atom stereocenters. The molecule has 7 nitrogen and oxygen atoms in total. The van der Waals surface area contributed by atoms with Gasteiger partial charge in [-0.1, -0.05) is 6.42 Å². The van der Waals surface area contributed by atoms with Gasteiger partial charge in [-0.2, -0.15) is 9.40 Å². The largest absolute Gasteiger partial charge is 0.384 e. The lowest BCUT2D eigenvalue weighted by Gasteiger charge is -2.42. The second-order valence-electron chi connectivity index (χ2n) is 8.46. The number of rotatable bonds is 6. The molecule has 0 aromatic carbocycles. The van der Waals surface area contributed by atoms with Crippen LogP contribution in [0.3, 0.4) is 0 Å². The number of nitrogens with zero attached hydrogens (tertiary/aromatic N) is 4. The van der Waals surface area contributed by atoms with Gasteiger partial charge >= 0.3 is 0 Å². The average molecular weight is 397 g/mol. The molecule has 8 heteroatoms. The van der Waals surface area contributed by atoms with E-state index in [1.54, 1.807) is 22.3 Å². The molecule has 1 atom stereocenters. The summed E-state index contributed by atoms with van der Waals surface area (Å²) in [6.45, 7) is 6.81. The average Bonchev–Trinajstić information content (AvgIpc) is 3.21. The van der Waals surface area contributed by atoms with Crippen molar-refractivity contribution in [3.05, 3.63) is 12.4 Å². The molecule has 3 fully saturated rings. The van der Waals surface area contributed by atoms with E-state index >= 15 is 0 Å². The summed E-state index contributed by atoms with van der Waals surface area (Å²) in [6, 6.07) is 0.741. The lowest BCUT2D eigenvalue weighted by molar-refractivity contribution is 0.0556. The number of methoxy groups -OCH3 is 1. The molecule has 0 bridgehead atoms. The van der Waals surface area contributed by atoms with Gasteiger partial charge in [-0.3, -0.25) is 9.58 Å². The fourth-order valence-corrected chi connectivity index (χ4v) is 6.47. The van der Waals surface area contributed by atoms with Crippen LogP contribution in [-0.2, 0) is 21.3 Å². The van der Waals surface area contributed by atoms with Gasteiger partial charge in [0.15, 0.2) is 0 Å². The van der Waals surface area contributed by atoms with Gasteiger partial charge in [0.1, 0.15) is 4.90 Å². The summed E-state index contributed by atoms with van der Waals surface area (Å²) in [7, 11) is -1.66. The summed E-state index contributed by atoms with van der Waals surface area (Å²) in [4.78, 5) is 2.97. The Morgan fingerprint density at radius 1 is 1.30 bits per heavy atom. The first-order valence-corrected chi connectivity index (χ1v) is 11.7. The van der Waals surface area contributed by atoms with Gasteiger partial charge in [-0.25, -0.2) is 8.42 Å². The molecule has 2 saturated heterocycles. The predicted octanol–water partition coefficient (Wildman–Crippen LogP) is 1.80. The van der Waals surface area contributed by atoms with E-state index in [-0.39, 0.29) is 5.41 Å². The second-order valence-corrected chi connectivity index (χ2v) is 10.4.